The number of aryl methyl sites for hydroxylation is 1. The van der Waals surface area contributed by atoms with Gasteiger partial charge in [-0.25, -0.2) is 9.78 Å². The summed E-state index contributed by atoms with van der Waals surface area (Å²) in [5.74, 6) is 1.15. The Morgan fingerprint density at radius 3 is 2.58 bits per heavy atom. The molecule has 0 aliphatic heterocycles. The van der Waals surface area contributed by atoms with E-state index in [2.05, 4.69) is 23.8 Å². The maximum atomic E-state index is 10.6. The molecule has 2 rings (SSSR count). The monoisotopic (exact) mass is 387 g/mol. The van der Waals surface area contributed by atoms with Crippen molar-refractivity contribution >= 4 is 41.1 Å². The van der Waals surface area contributed by atoms with E-state index in [-0.39, 0.29) is 6.61 Å². The van der Waals surface area contributed by atoms with Gasteiger partial charge in [-0.1, -0.05) is 48.8 Å². The van der Waals surface area contributed by atoms with E-state index in [4.69, 9.17) is 33.7 Å². The first-order valence-corrected chi connectivity index (χ1v) is 9.07. The molecule has 0 radical (unpaired) electrons. The van der Waals surface area contributed by atoms with E-state index >= 15 is 0 Å². The molecule has 1 amide bonds. The molecule has 0 saturated heterocycles. The van der Waals surface area contributed by atoms with Crippen molar-refractivity contribution < 1.29 is 9.53 Å². The van der Waals surface area contributed by atoms with E-state index in [0.717, 1.165) is 21.4 Å². The fourth-order valence-corrected chi connectivity index (χ4v) is 3.92. The molecule has 0 bridgehead atoms. The quantitative estimate of drug-likeness (QED) is 0.653. The second-order valence-electron chi connectivity index (χ2n) is 5.54. The van der Waals surface area contributed by atoms with Crippen LogP contribution >= 0.6 is 35.0 Å². The molecule has 8 heteroatoms. The van der Waals surface area contributed by atoms with Crippen LogP contribution < -0.4 is 5.73 Å². The van der Waals surface area contributed by atoms with Crippen molar-refractivity contribution in [2.45, 2.75) is 42.5 Å². The first-order chi connectivity index (χ1) is 11.3. The number of imidazole rings is 1. The van der Waals surface area contributed by atoms with Gasteiger partial charge in [0.05, 0.1) is 12.3 Å². The van der Waals surface area contributed by atoms with E-state index in [1.54, 1.807) is 6.07 Å². The number of ether oxygens (including phenoxy) is 1. The van der Waals surface area contributed by atoms with Crippen molar-refractivity contribution in [1.29, 1.82) is 0 Å². The highest BCUT2D eigenvalue weighted by molar-refractivity contribution is 7.99. The SMILES string of the molecule is CC(C)c1[nH]c(CCCOC(N)=O)nc1Sc1cc(Cl)cc(Cl)c1. The van der Waals surface area contributed by atoms with Crippen molar-refractivity contribution in [3.05, 3.63) is 39.8 Å². The van der Waals surface area contributed by atoms with Gasteiger partial charge in [-0.3, -0.25) is 0 Å². The van der Waals surface area contributed by atoms with Gasteiger partial charge in [0.25, 0.3) is 0 Å². The summed E-state index contributed by atoms with van der Waals surface area (Å²) in [7, 11) is 0. The molecule has 0 atom stereocenters. The number of rotatable bonds is 7. The number of nitrogens with zero attached hydrogens (tertiary/aromatic N) is 1. The summed E-state index contributed by atoms with van der Waals surface area (Å²) < 4.78 is 4.73. The number of nitrogens with two attached hydrogens (primary N) is 1. The van der Waals surface area contributed by atoms with Crippen molar-refractivity contribution in [2.75, 3.05) is 6.61 Å². The minimum atomic E-state index is -0.758. The number of H-pyrrole nitrogens is 1. The maximum Gasteiger partial charge on any atom is 0.404 e. The minimum absolute atomic E-state index is 0.277. The second kappa shape index (κ2) is 8.65. The number of hydrogen-bond donors (Lipinski definition) is 2. The van der Waals surface area contributed by atoms with Crippen LogP contribution in [0.1, 0.15) is 37.7 Å². The first-order valence-electron chi connectivity index (χ1n) is 7.50. The fourth-order valence-electron chi connectivity index (χ4n) is 2.12. The Bertz CT molecular complexity index is 699. The number of benzene rings is 1. The molecule has 1 heterocycles. The molecular formula is C16H19Cl2N3O2S. The lowest BCUT2D eigenvalue weighted by molar-refractivity contribution is 0.155. The van der Waals surface area contributed by atoms with Crippen molar-refractivity contribution in [3.63, 3.8) is 0 Å². The van der Waals surface area contributed by atoms with Gasteiger partial charge >= 0.3 is 6.09 Å². The van der Waals surface area contributed by atoms with Crippen LogP contribution in [0.3, 0.4) is 0 Å². The van der Waals surface area contributed by atoms with Crippen LogP contribution in [0.15, 0.2) is 28.1 Å². The average Bonchev–Trinajstić information content (AvgIpc) is 2.85. The lowest BCUT2D eigenvalue weighted by Gasteiger charge is -2.06. The molecule has 3 N–H and O–H groups in total. The summed E-state index contributed by atoms with van der Waals surface area (Å²) in [5.41, 5.74) is 6.00. The van der Waals surface area contributed by atoms with Crippen LogP contribution in [0, 0.1) is 0 Å². The number of nitrogens with one attached hydrogen (secondary N) is 1. The molecule has 5 nitrogen and oxygen atoms in total. The van der Waals surface area contributed by atoms with Crippen molar-refractivity contribution in [2.24, 2.45) is 5.73 Å². The van der Waals surface area contributed by atoms with Gasteiger partial charge in [0, 0.05) is 21.4 Å². The third kappa shape index (κ3) is 5.61. The minimum Gasteiger partial charge on any atom is -0.450 e. The lowest BCUT2D eigenvalue weighted by Crippen LogP contribution is -2.14. The third-order valence-electron chi connectivity index (χ3n) is 3.18. The first kappa shape index (κ1) is 19.0. The van der Waals surface area contributed by atoms with E-state index in [1.807, 2.05) is 12.1 Å². The van der Waals surface area contributed by atoms with Gasteiger partial charge < -0.3 is 15.5 Å². The van der Waals surface area contributed by atoms with Gasteiger partial charge in [-0.15, -0.1) is 0 Å². The highest BCUT2D eigenvalue weighted by Gasteiger charge is 2.15. The molecule has 2 aromatic rings. The third-order valence-corrected chi connectivity index (χ3v) is 4.59. The predicted molar refractivity (Wildman–Crippen MR) is 97.1 cm³/mol. The Morgan fingerprint density at radius 1 is 1.33 bits per heavy atom. The molecule has 0 fully saturated rings. The summed E-state index contributed by atoms with van der Waals surface area (Å²) in [6.45, 7) is 4.48. The normalized spacial score (nSPS) is 11.0. The standard InChI is InChI=1S/C16H19Cl2N3O2S/c1-9(2)14-15(24-12-7-10(17)6-11(18)8-12)21-13(20-14)4-3-5-23-16(19)22/h6-9H,3-5H2,1-2H3,(H2,19,22)(H,20,21). The molecular weight excluding hydrogens is 369 g/mol. The Kier molecular flexibility index (Phi) is 6.83. The van der Waals surface area contributed by atoms with Crippen molar-refractivity contribution in [1.82, 2.24) is 9.97 Å². The van der Waals surface area contributed by atoms with E-state index in [9.17, 15) is 4.79 Å². The largest absolute Gasteiger partial charge is 0.450 e. The van der Waals surface area contributed by atoms with Gasteiger partial charge in [0.2, 0.25) is 0 Å². The molecule has 0 aliphatic rings. The number of primary amides is 1. The summed E-state index contributed by atoms with van der Waals surface area (Å²) in [4.78, 5) is 19.5. The van der Waals surface area contributed by atoms with Gasteiger partial charge in [-0.2, -0.15) is 0 Å². The maximum absolute atomic E-state index is 10.6. The van der Waals surface area contributed by atoms with Crippen LogP contribution in [-0.2, 0) is 11.2 Å². The smallest absolute Gasteiger partial charge is 0.404 e. The van der Waals surface area contributed by atoms with E-state index in [1.165, 1.54) is 11.8 Å². The second-order valence-corrected chi connectivity index (χ2v) is 7.47. The number of hydrogen-bond acceptors (Lipinski definition) is 4. The van der Waals surface area contributed by atoms with Crippen LogP contribution in [0.25, 0.3) is 0 Å². The number of carbonyl (C=O) groups is 1. The summed E-state index contributed by atoms with van der Waals surface area (Å²) in [5, 5.41) is 2.08. The zero-order valence-electron chi connectivity index (χ0n) is 13.4. The number of aromatic amines is 1. The van der Waals surface area contributed by atoms with Gasteiger partial charge in [-0.05, 0) is 30.5 Å². The Labute approximate surface area is 155 Å². The highest BCUT2D eigenvalue weighted by Crippen LogP contribution is 2.35. The zero-order chi connectivity index (χ0) is 17.7. The summed E-state index contributed by atoms with van der Waals surface area (Å²) in [6.07, 6.45) is 0.566. The highest BCUT2D eigenvalue weighted by atomic mass is 35.5. The van der Waals surface area contributed by atoms with Crippen molar-refractivity contribution in [3.8, 4) is 0 Å². The molecule has 0 spiro atoms. The molecule has 1 aromatic carbocycles. The van der Waals surface area contributed by atoms with Gasteiger partial charge in [0.1, 0.15) is 10.9 Å². The molecule has 0 aliphatic carbocycles. The van der Waals surface area contributed by atoms with Gasteiger partial charge in [0.15, 0.2) is 0 Å². The summed E-state index contributed by atoms with van der Waals surface area (Å²) in [6, 6.07) is 5.42. The number of halogens is 2. The average molecular weight is 388 g/mol. The van der Waals surface area contributed by atoms with E-state index in [0.29, 0.717) is 28.8 Å². The summed E-state index contributed by atoms with van der Waals surface area (Å²) >= 11 is 13.6. The number of aromatic nitrogens is 2. The van der Waals surface area contributed by atoms with Crippen LogP contribution in [0.5, 0.6) is 0 Å². The Morgan fingerprint density at radius 2 is 2.00 bits per heavy atom. The Hall–Kier alpha value is -1.37. The number of carbonyl (C=O) groups excluding carboxylic acids is 1. The molecule has 1 aromatic heterocycles. The zero-order valence-corrected chi connectivity index (χ0v) is 15.8. The predicted octanol–water partition coefficient (Wildman–Crippen LogP) is 5.02. The molecule has 130 valence electrons. The lowest BCUT2D eigenvalue weighted by atomic mass is 10.2. The Balaban J connectivity index is 2.11. The fraction of sp³-hybridized carbons (Fsp3) is 0.375. The molecule has 0 unspecified atom stereocenters. The van der Waals surface area contributed by atoms with Crippen LogP contribution in [0.4, 0.5) is 4.79 Å². The van der Waals surface area contributed by atoms with Crippen LogP contribution in [0.2, 0.25) is 10.0 Å². The number of amides is 1. The molecule has 0 saturated carbocycles. The van der Waals surface area contributed by atoms with Crippen LogP contribution in [-0.4, -0.2) is 22.7 Å². The molecule has 24 heavy (non-hydrogen) atoms. The topological polar surface area (TPSA) is 81.0 Å². The van der Waals surface area contributed by atoms with E-state index < -0.39 is 6.09 Å².